The highest BCUT2D eigenvalue weighted by atomic mass is 35.5. The van der Waals surface area contributed by atoms with Crippen LogP contribution in [-0.2, 0) is 11.2 Å². The van der Waals surface area contributed by atoms with Crippen LogP contribution in [0.15, 0.2) is 23.6 Å². The molecule has 1 aromatic heterocycles. The van der Waals surface area contributed by atoms with Crippen molar-refractivity contribution in [1.29, 1.82) is 0 Å². The molecule has 138 valence electrons. The molecule has 1 aliphatic rings. The number of nitrogens with one attached hydrogen (secondary N) is 2. The third kappa shape index (κ3) is 6.27. The Hall–Kier alpha value is -0.560. The molecule has 3 rings (SSSR count). The average Bonchev–Trinajstić information content (AvgIpc) is 2.96. The van der Waals surface area contributed by atoms with Gasteiger partial charge in [0.15, 0.2) is 0 Å². The van der Waals surface area contributed by atoms with Crippen LogP contribution in [0.1, 0.15) is 18.5 Å². The number of nitrogens with zero attached hydrogens (tertiary/aromatic N) is 1. The van der Waals surface area contributed by atoms with Gasteiger partial charge in [-0.3, -0.25) is 4.79 Å². The van der Waals surface area contributed by atoms with Crippen LogP contribution in [0, 0.1) is 0 Å². The van der Waals surface area contributed by atoms with Gasteiger partial charge in [-0.25, -0.2) is 4.98 Å². The highest BCUT2D eigenvalue weighted by Gasteiger charge is 2.17. The number of halogens is 4. The Morgan fingerprint density at radius 3 is 2.68 bits per heavy atom. The number of piperidine rings is 1. The van der Waals surface area contributed by atoms with Gasteiger partial charge in [0.1, 0.15) is 5.01 Å². The van der Waals surface area contributed by atoms with E-state index in [1.807, 2.05) is 11.4 Å². The largest absolute Gasteiger partial charge is 0.353 e. The molecule has 25 heavy (non-hydrogen) atoms. The highest BCUT2D eigenvalue weighted by Crippen LogP contribution is 2.32. The van der Waals surface area contributed by atoms with Gasteiger partial charge in [0.25, 0.3) is 0 Å². The van der Waals surface area contributed by atoms with Crippen molar-refractivity contribution in [3.8, 4) is 10.6 Å². The van der Waals surface area contributed by atoms with E-state index in [4.69, 9.17) is 23.2 Å². The van der Waals surface area contributed by atoms with Crippen LogP contribution < -0.4 is 10.6 Å². The molecule has 2 aromatic rings. The number of benzene rings is 1. The van der Waals surface area contributed by atoms with Crippen molar-refractivity contribution in [2.75, 3.05) is 13.1 Å². The van der Waals surface area contributed by atoms with E-state index < -0.39 is 0 Å². The number of thiazole rings is 1. The lowest BCUT2D eigenvalue weighted by Gasteiger charge is -2.23. The smallest absolute Gasteiger partial charge is 0.226 e. The topological polar surface area (TPSA) is 54.0 Å². The first-order valence-corrected chi connectivity index (χ1v) is 9.15. The van der Waals surface area contributed by atoms with Crippen LogP contribution in [-0.4, -0.2) is 30.0 Å². The van der Waals surface area contributed by atoms with Gasteiger partial charge in [-0.15, -0.1) is 36.2 Å². The number of carbonyl (C=O) groups is 1. The molecule has 0 bridgehead atoms. The van der Waals surface area contributed by atoms with Crippen molar-refractivity contribution < 1.29 is 4.79 Å². The van der Waals surface area contributed by atoms with Gasteiger partial charge in [-0.2, -0.15) is 0 Å². The van der Waals surface area contributed by atoms with Gasteiger partial charge < -0.3 is 10.6 Å². The van der Waals surface area contributed by atoms with Gasteiger partial charge in [0.05, 0.1) is 17.1 Å². The zero-order valence-corrected chi connectivity index (χ0v) is 17.2. The highest BCUT2D eigenvalue weighted by molar-refractivity contribution is 7.13. The summed E-state index contributed by atoms with van der Waals surface area (Å²) in [5.74, 6) is 0.0240. The van der Waals surface area contributed by atoms with Crippen molar-refractivity contribution in [3.05, 3.63) is 39.3 Å². The fourth-order valence-electron chi connectivity index (χ4n) is 2.58. The molecule has 0 atom stereocenters. The second kappa shape index (κ2) is 10.6. The summed E-state index contributed by atoms with van der Waals surface area (Å²) in [5, 5.41) is 10.2. The van der Waals surface area contributed by atoms with Crippen molar-refractivity contribution in [1.82, 2.24) is 15.6 Å². The fourth-order valence-corrected chi connectivity index (χ4v) is 4.00. The Balaban J connectivity index is 0.00000156. The molecule has 2 heterocycles. The first kappa shape index (κ1) is 22.5. The molecule has 1 aliphatic heterocycles. The van der Waals surface area contributed by atoms with Crippen LogP contribution >= 0.6 is 59.4 Å². The number of amides is 1. The summed E-state index contributed by atoms with van der Waals surface area (Å²) in [5.41, 5.74) is 1.61. The van der Waals surface area contributed by atoms with E-state index >= 15 is 0 Å². The number of aromatic nitrogens is 1. The van der Waals surface area contributed by atoms with Crippen LogP contribution in [0.2, 0.25) is 10.0 Å². The fraction of sp³-hybridized carbons (Fsp3) is 0.375. The molecular weight excluding hydrogens is 424 g/mol. The number of carbonyl (C=O) groups excluding carboxylic acids is 1. The second-order valence-electron chi connectivity index (χ2n) is 5.54. The van der Waals surface area contributed by atoms with E-state index in [9.17, 15) is 4.79 Å². The SMILES string of the molecule is Cl.Cl.O=C(Cc1csc(-c2ccc(Cl)cc2Cl)n1)NC1CCNCC1. The molecule has 9 heteroatoms. The zero-order valence-electron chi connectivity index (χ0n) is 13.3. The second-order valence-corrected chi connectivity index (χ2v) is 7.24. The minimum atomic E-state index is 0. The van der Waals surface area contributed by atoms with Crippen molar-refractivity contribution in [2.24, 2.45) is 0 Å². The maximum atomic E-state index is 12.1. The summed E-state index contributed by atoms with van der Waals surface area (Å²) >= 11 is 13.6. The van der Waals surface area contributed by atoms with Crippen molar-refractivity contribution in [3.63, 3.8) is 0 Å². The standard InChI is InChI=1S/C16H17Cl2N3OS.2ClH/c17-10-1-2-13(14(18)7-10)16-21-12(9-23-16)8-15(22)20-11-3-5-19-6-4-11;;/h1-2,7,9,11,19H,3-6,8H2,(H,20,22);2*1H. The van der Waals surface area contributed by atoms with Crippen LogP contribution in [0.4, 0.5) is 0 Å². The quantitative estimate of drug-likeness (QED) is 0.738. The molecule has 0 spiro atoms. The lowest BCUT2D eigenvalue weighted by Crippen LogP contribution is -2.43. The maximum absolute atomic E-state index is 12.1. The first-order valence-electron chi connectivity index (χ1n) is 7.52. The predicted octanol–water partition coefficient (Wildman–Crippen LogP) is 4.37. The Morgan fingerprint density at radius 2 is 2.00 bits per heavy atom. The molecule has 1 saturated heterocycles. The first-order chi connectivity index (χ1) is 11.1. The minimum Gasteiger partial charge on any atom is -0.353 e. The number of hydrogen-bond acceptors (Lipinski definition) is 4. The van der Waals surface area contributed by atoms with Gasteiger partial charge in [-0.05, 0) is 44.1 Å². The molecule has 4 nitrogen and oxygen atoms in total. The van der Waals surface area contributed by atoms with Crippen molar-refractivity contribution in [2.45, 2.75) is 25.3 Å². The summed E-state index contributed by atoms with van der Waals surface area (Å²) in [7, 11) is 0. The van der Waals surface area contributed by atoms with Crippen LogP contribution in [0.25, 0.3) is 10.6 Å². The third-order valence-corrected chi connectivity index (χ3v) is 5.23. The normalized spacial score (nSPS) is 14.3. The summed E-state index contributed by atoms with van der Waals surface area (Å²) < 4.78 is 0. The lowest BCUT2D eigenvalue weighted by molar-refractivity contribution is -0.121. The average molecular weight is 443 g/mol. The molecule has 1 amide bonds. The Bertz CT molecular complexity index is 704. The molecule has 0 radical (unpaired) electrons. The van der Waals surface area contributed by atoms with Gasteiger partial charge in [0.2, 0.25) is 5.91 Å². The van der Waals surface area contributed by atoms with Crippen LogP contribution in [0.3, 0.4) is 0 Å². The minimum absolute atomic E-state index is 0. The summed E-state index contributed by atoms with van der Waals surface area (Å²) in [6.07, 6.45) is 2.26. The Labute approximate surface area is 173 Å². The zero-order chi connectivity index (χ0) is 16.2. The molecular formula is C16H19Cl4N3OS. The number of hydrogen-bond donors (Lipinski definition) is 2. The molecule has 2 N–H and O–H groups in total. The molecule has 0 saturated carbocycles. The van der Waals surface area contributed by atoms with E-state index in [-0.39, 0.29) is 36.8 Å². The van der Waals surface area contributed by atoms with Gasteiger partial charge in [-0.1, -0.05) is 23.2 Å². The molecule has 1 fully saturated rings. The van der Waals surface area contributed by atoms with E-state index in [2.05, 4.69) is 15.6 Å². The summed E-state index contributed by atoms with van der Waals surface area (Å²) in [6, 6.07) is 5.60. The Kier molecular flexibility index (Phi) is 9.49. The molecule has 0 aliphatic carbocycles. The molecule has 1 aromatic carbocycles. The predicted molar refractivity (Wildman–Crippen MR) is 110 cm³/mol. The number of rotatable bonds is 4. The Morgan fingerprint density at radius 1 is 1.28 bits per heavy atom. The summed E-state index contributed by atoms with van der Waals surface area (Å²) in [4.78, 5) is 16.6. The maximum Gasteiger partial charge on any atom is 0.226 e. The van der Waals surface area contributed by atoms with Gasteiger partial charge >= 0.3 is 0 Å². The van der Waals surface area contributed by atoms with E-state index in [0.29, 0.717) is 16.5 Å². The van der Waals surface area contributed by atoms with Crippen molar-refractivity contribution >= 4 is 65.3 Å². The van der Waals surface area contributed by atoms with Crippen LogP contribution in [0.5, 0.6) is 0 Å². The third-order valence-electron chi connectivity index (χ3n) is 3.76. The molecule has 0 unspecified atom stereocenters. The van der Waals surface area contributed by atoms with E-state index in [1.165, 1.54) is 11.3 Å². The monoisotopic (exact) mass is 441 g/mol. The summed E-state index contributed by atoms with van der Waals surface area (Å²) in [6.45, 7) is 1.92. The van der Waals surface area contributed by atoms with E-state index in [0.717, 1.165) is 42.2 Å². The lowest BCUT2D eigenvalue weighted by atomic mass is 10.1. The van der Waals surface area contributed by atoms with E-state index in [1.54, 1.807) is 12.1 Å². The van der Waals surface area contributed by atoms with Gasteiger partial charge in [0, 0.05) is 22.0 Å².